The molecule has 1 unspecified atom stereocenters. The van der Waals surface area contributed by atoms with Gasteiger partial charge in [-0.1, -0.05) is 57.5 Å². The van der Waals surface area contributed by atoms with Crippen LogP contribution in [0.3, 0.4) is 0 Å². The fourth-order valence-electron chi connectivity index (χ4n) is 3.42. The molecule has 0 spiro atoms. The van der Waals surface area contributed by atoms with Gasteiger partial charge in [0.25, 0.3) is 5.89 Å². The predicted octanol–water partition coefficient (Wildman–Crippen LogP) is 6.23. The summed E-state index contributed by atoms with van der Waals surface area (Å²) in [4.78, 5) is 9.05. The Balaban J connectivity index is 1.36. The van der Waals surface area contributed by atoms with Crippen molar-refractivity contribution in [3.05, 3.63) is 88.8 Å². The van der Waals surface area contributed by atoms with Crippen LogP contribution in [0.2, 0.25) is 0 Å². The molecule has 1 fully saturated rings. The number of aromatic nitrogens is 3. The van der Waals surface area contributed by atoms with E-state index >= 15 is 0 Å². The van der Waals surface area contributed by atoms with Crippen molar-refractivity contribution < 1.29 is 9.26 Å². The average Bonchev–Trinajstić information content (AvgIpc) is 3.46. The molecule has 0 aliphatic heterocycles. The van der Waals surface area contributed by atoms with E-state index in [1.807, 2.05) is 36.4 Å². The van der Waals surface area contributed by atoms with E-state index < -0.39 is 0 Å². The maximum Gasteiger partial charge on any atom is 0.259 e. The monoisotopic (exact) mass is 447 g/mol. The van der Waals surface area contributed by atoms with Crippen molar-refractivity contribution in [3.63, 3.8) is 0 Å². The molecule has 5 nitrogen and oxygen atoms in total. The van der Waals surface area contributed by atoms with Crippen molar-refractivity contribution in [2.75, 3.05) is 0 Å². The van der Waals surface area contributed by atoms with Crippen LogP contribution in [0.15, 0.2) is 81.9 Å². The maximum absolute atomic E-state index is 5.78. The van der Waals surface area contributed by atoms with E-state index in [0.717, 1.165) is 21.6 Å². The second-order valence-electron chi connectivity index (χ2n) is 7.13. The van der Waals surface area contributed by atoms with Crippen molar-refractivity contribution >= 4 is 15.9 Å². The molecule has 29 heavy (non-hydrogen) atoms. The summed E-state index contributed by atoms with van der Waals surface area (Å²) in [5.74, 6) is 3.20. The van der Waals surface area contributed by atoms with Gasteiger partial charge in [0, 0.05) is 16.7 Å². The fraction of sp³-hybridized carbons (Fsp3) is 0.174. The van der Waals surface area contributed by atoms with Crippen LogP contribution in [-0.2, 0) is 0 Å². The third-order valence-electron chi connectivity index (χ3n) is 4.97. The van der Waals surface area contributed by atoms with Gasteiger partial charge in [0.2, 0.25) is 5.88 Å². The van der Waals surface area contributed by atoms with Crippen LogP contribution >= 0.6 is 15.9 Å². The number of nitrogens with zero attached hydrogens (tertiary/aromatic N) is 3. The normalized spacial score (nSPS) is 14.5. The zero-order valence-corrected chi connectivity index (χ0v) is 17.1. The molecule has 2 aromatic carbocycles. The molecule has 1 atom stereocenters. The molecule has 0 bridgehead atoms. The molecule has 4 aromatic rings. The van der Waals surface area contributed by atoms with Gasteiger partial charge in [0.1, 0.15) is 5.75 Å². The topological polar surface area (TPSA) is 61.0 Å². The summed E-state index contributed by atoms with van der Waals surface area (Å²) in [6, 6.07) is 21.7. The molecule has 0 N–H and O–H groups in total. The van der Waals surface area contributed by atoms with Crippen LogP contribution in [-0.4, -0.2) is 15.1 Å². The lowest BCUT2D eigenvalue weighted by Gasteiger charge is -2.11. The van der Waals surface area contributed by atoms with Crippen molar-refractivity contribution in [2.45, 2.75) is 18.8 Å². The standard InChI is InChI=1S/C23H18BrN3O2/c24-18-7-4-8-19(13-18)28-20-12-11-17(14-25-20)23-26-22(27-29-23)21(16-9-10-16)15-5-2-1-3-6-15/h1-8,11-14,16,21H,9-10H2. The zero-order valence-electron chi connectivity index (χ0n) is 15.5. The molecule has 2 heterocycles. The van der Waals surface area contributed by atoms with Crippen LogP contribution < -0.4 is 4.74 Å². The minimum atomic E-state index is 0.181. The number of hydrogen-bond acceptors (Lipinski definition) is 5. The van der Waals surface area contributed by atoms with Gasteiger partial charge < -0.3 is 9.26 Å². The molecule has 144 valence electrons. The van der Waals surface area contributed by atoms with Gasteiger partial charge in [0.05, 0.1) is 11.5 Å². The number of pyridine rings is 1. The summed E-state index contributed by atoms with van der Waals surface area (Å²) in [5, 5.41) is 4.28. The summed E-state index contributed by atoms with van der Waals surface area (Å²) in [7, 11) is 0. The summed E-state index contributed by atoms with van der Waals surface area (Å²) >= 11 is 3.43. The van der Waals surface area contributed by atoms with Crippen LogP contribution in [0.1, 0.15) is 30.1 Å². The number of benzene rings is 2. The molecular weight excluding hydrogens is 430 g/mol. The van der Waals surface area contributed by atoms with Gasteiger partial charge in [-0.2, -0.15) is 4.98 Å². The number of rotatable bonds is 6. The average molecular weight is 448 g/mol. The Morgan fingerprint density at radius 2 is 1.86 bits per heavy atom. The van der Waals surface area contributed by atoms with Gasteiger partial charge in [0.15, 0.2) is 5.82 Å². The van der Waals surface area contributed by atoms with Gasteiger partial charge in [-0.15, -0.1) is 0 Å². The summed E-state index contributed by atoms with van der Waals surface area (Å²) in [5.41, 5.74) is 2.01. The number of hydrogen-bond donors (Lipinski definition) is 0. The van der Waals surface area contributed by atoms with Crippen molar-refractivity contribution in [1.29, 1.82) is 0 Å². The second kappa shape index (κ2) is 7.79. The third-order valence-corrected chi connectivity index (χ3v) is 5.47. The molecule has 0 saturated heterocycles. The van der Waals surface area contributed by atoms with Crippen LogP contribution in [0.5, 0.6) is 11.6 Å². The molecule has 1 aliphatic rings. The first-order chi connectivity index (χ1) is 14.3. The predicted molar refractivity (Wildman–Crippen MR) is 113 cm³/mol. The Kier molecular flexibility index (Phi) is 4.86. The molecule has 5 rings (SSSR count). The highest BCUT2D eigenvalue weighted by atomic mass is 79.9. The minimum absolute atomic E-state index is 0.181. The van der Waals surface area contributed by atoms with Crippen molar-refractivity contribution in [1.82, 2.24) is 15.1 Å². The van der Waals surface area contributed by atoms with Gasteiger partial charge >= 0.3 is 0 Å². The van der Waals surface area contributed by atoms with Crippen molar-refractivity contribution in [3.8, 4) is 23.1 Å². The molecular formula is C23H18BrN3O2. The Bertz CT molecular complexity index is 1110. The molecule has 1 aliphatic carbocycles. The lowest BCUT2D eigenvalue weighted by atomic mass is 9.93. The third kappa shape index (κ3) is 4.07. The highest BCUT2D eigenvalue weighted by Crippen LogP contribution is 2.45. The minimum Gasteiger partial charge on any atom is -0.439 e. The zero-order chi connectivity index (χ0) is 19.6. The summed E-state index contributed by atoms with van der Waals surface area (Å²) in [6.07, 6.45) is 4.10. The molecule has 0 radical (unpaired) electrons. The highest BCUT2D eigenvalue weighted by molar-refractivity contribution is 9.10. The number of ether oxygens (including phenoxy) is 1. The van der Waals surface area contributed by atoms with Crippen LogP contribution in [0, 0.1) is 5.92 Å². The fourth-order valence-corrected chi connectivity index (χ4v) is 3.80. The maximum atomic E-state index is 5.78. The molecule has 0 amide bonds. The summed E-state index contributed by atoms with van der Waals surface area (Å²) < 4.78 is 12.3. The lowest BCUT2D eigenvalue weighted by molar-refractivity contribution is 0.415. The quantitative estimate of drug-likeness (QED) is 0.350. The van der Waals surface area contributed by atoms with E-state index in [4.69, 9.17) is 9.26 Å². The molecule has 1 saturated carbocycles. The van der Waals surface area contributed by atoms with Crippen LogP contribution in [0.4, 0.5) is 0 Å². The van der Waals surface area contributed by atoms with E-state index in [0.29, 0.717) is 17.7 Å². The Morgan fingerprint density at radius 1 is 1.00 bits per heavy atom. The van der Waals surface area contributed by atoms with Gasteiger partial charge in [-0.05, 0) is 48.6 Å². The summed E-state index contributed by atoms with van der Waals surface area (Å²) in [6.45, 7) is 0. The van der Waals surface area contributed by atoms with Crippen molar-refractivity contribution in [2.24, 2.45) is 5.92 Å². The Hall–Kier alpha value is -2.99. The van der Waals surface area contributed by atoms with E-state index in [1.54, 1.807) is 12.3 Å². The first-order valence-corrected chi connectivity index (χ1v) is 10.3. The molecule has 2 aromatic heterocycles. The second-order valence-corrected chi connectivity index (χ2v) is 8.04. The van der Waals surface area contributed by atoms with E-state index in [9.17, 15) is 0 Å². The van der Waals surface area contributed by atoms with E-state index in [2.05, 4.69) is 55.3 Å². The Morgan fingerprint density at radius 3 is 2.59 bits per heavy atom. The van der Waals surface area contributed by atoms with Gasteiger partial charge in [-0.3, -0.25) is 0 Å². The van der Waals surface area contributed by atoms with Gasteiger partial charge in [-0.25, -0.2) is 4.98 Å². The highest BCUT2D eigenvalue weighted by Gasteiger charge is 2.36. The smallest absolute Gasteiger partial charge is 0.259 e. The van der Waals surface area contributed by atoms with E-state index in [1.165, 1.54) is 18.4 Å². The largest absolute Gasteiger partial charge is 0.439 e. The molecule has 6 heteroatoms. The Labute approximate surface area is 176 Å². The van der Waals surface area contributed by atoms with Crippen LogP contribution in [0.25, 0.3) is 11.5 Å². The SMILES string of the molecule is Brc1cccc(Oc2ccc(-c3nc(C(c4ccccc4)C4CC4)no3)cn2)c1. The lowest BCUT2D eigenvalue weighted by Crippen LogP contribution is -2.05. The first-order valence-electron chi connectivity index (χ1n) is 9.55. The number of halogens is 1. The van der Waals surface area contributed by atoms with E-state index in [-0.39, 0.29) is 5.92 Å². The first kappa shape index (κ1) is 18.1.